The van der Waals surface area contributed by atoms with Gasteiger partial charge < -0.3 is 5.11 Å². The van der Waals surface area contributed by atoms with E-state index in [2.05, 4.69) is 10.3 Å². The Labute approximate surface area is 105 Å². The zero-order chi connectivity index (χ0) is 13.1. The molecule has 1 aromatic heterocycles. The maximum Gasteiger partial charge on any atom is 0.311 e. The van der Waals surface area contributed by atoms with Crippen molar-refractivity contribution in [3.05, 3.63) is 47.3 Å². The molecule has 1 aromatic carbocycles. The van der Waals surface area contributed by atoms with Gasteiger partial charge in [0, 0.05) is 19.7 Å². The minimum Gasteiger partial charge on any atom is -0.481 e. The van der Waals surface area contributed by atoms with E-state index in [0.29, 0.717) is 12.1 Å². The number of nitrogens with zero attached hydrogens (tertiary/aromatic N) is 3. The van der Waals surface area contributed by atoms with Crippen molar-refractivity contribution in [1.29, 1.82) is 0 Å². The number of benzene rings is 1. The third-order valence-corrected chi connectivity index (χ3v) is 2.84. The maximum atomic E-state index is 11.3. The van der Waals surface area contributed by atoms with Gasteiger partial charge in [-0.3, -0.25) is 9.48 Å². The normalized spacial score (nSPS) is 12.3. The maximum absolute atomic E-state index is 11.3. The predicted molar refractivity (Wildman–Crippen MR) is 66.3 cm³/mol. The lowest BCUT2D eigenvalue weighted by Crippen LogP contribution is -2.14. The summed E-state index contributed by atoms with van der Waals surface area (Å²) in [6.07, 6.45) is 2.09. The molecule has 0 aliphatic heterocycles. The Morgan fingerprint density at radius 3 is 2.56 bits per heavy atom. The molecule has 2 rings (SSSR count). The Morgan fingerprint density at radius 1 is 1.39 bits per heavy atom. The van der Waals surface area contributed by atoms with Crippen molar-refractivity contribution in [2.45, 2.75) is 19.3 Å². The molecule has 5 nitrogen and oxygen atoms in total. The lowest BCUT2D eigenvalue weighted by atomic mass is 9.94. The molecule has 18 heavy (non-hydrogen) atoms. The van der Waals surface area contributed by atoms with Crippen LogP contribution in [0.25, 0.3) is 0 Å². The summed E-state index contributed by atoms with van der Waals surface area (Å²) in [5, 5.41) is 17.1. The van der Waals surface area contributed by atoms with Gasteiger partial charge in [-0.2, -0.15) is 0 Å². The van der Waals surface area contributed by atoms with Crippen molar-refractivity contribution in [1.82, 2.24) is 15.0 Å². The second kappa shape index (κ2) is 5.00. The van der Waals surface area contributed by atoms with Gasteiger partial charge in [0.2, 0.25) is 0 Å². The Balaban J connectivity index is 2.23. The zero-order valence-electron chi connectivity index (χ0n) is 10.4. The van der Waals surface area contributed by atoms with Gasteiger partial charge >= 0.3 is 5.97 Å². The molecular weight excluding hydrogens is 230 g/mol. The lowest BCUT2D eigenvalue weighted by Gasteiger charge is -2.11. The van der Waals surface area contributed by atoms with E-state index in [1.807, 2.05) is 31.2 Å². The van der Waals surface area contributed by atoms with E-state index in [0.717, 1.165) is 11.1 Å². The van der Waals surface area contributed by atoms with E-state index in [4.69, 9.17) is 0 Å². The molecule has 0 radical (unpaired) electrons. The Hall–Kier alpha value is -2.17. The molecule has 5 heteroatoms. The first-order chi connectivity index (χ1) is 8.56. The van der Waals surface area contributed by atoms with E-state index >= 15 is 0 Å². The van der Waals surface area contributed by atoms with Gasteiger partial charge in [-0.15, -0.1) is 5.10 Å². The standard InChI is InChI=1S/C13H15N3O2/c1-9-3-5-10(6-4-9)12(13(17)18)7-11-8-16(2)15-14-11/h3-6,8,12H,7H2,1-2H3,(H,17,18). The van der Waals surface area contributed by atoms with Crippen molar-refractivity contribution in [3.63, 3.8) is 0 Å². The quantitative estimate of drug-likeness (QED) is 0.887. The van der Waals surface area contributed by atoms with Crippen molar-refractivity contribution < 1.29 is 9.90 Å². The number of aromatic nitrogens is 3. The molecule has 0 aliphatic carbocycles. The van der Waals surface area contributed by atoms with E-state index in [1.165, 1.54) is 0 Å². The van der Waals surface area contributed by atoms with Gasteiger partial charge in [0.05, 0.1) is 11.6 Å². The average Bonchev–Trinajstić information content (AvgIpc) is 2.73. The number of hydrogen-bond acceptors (Lipinski definition) is 3. The van der Waals surface area contributed by atoms with Gasteiger partial charge in [-0.25, -0.2) is 0 Å². The van der Waals surface area contributed by atoms with Gasteiger partial charge in [0.1, 0.15) is 0 Å². The van der Waals surface area contributed by atoms with Gasteiger partial charge in [0.25, 0.3) is 0 Å². The number of aryl methyl sites for hydroxylation is 2. The molecule has 0 saturated carbocycles. The van der Waals surface area contributed by atoms with Crippen molar-refractivity contribution >= 4 is 5.97 Å². The van der Waals surface area contributed by atoms with Crippen LogP contribution >= 0.6 is 0 Å². The molecule has 0 spiro atoms. The molecule has 1 N–H and O–H groups in total. The first kappa shape index (κ1) is 12.3. The highest BCUT2D eigenvalue weighted by Gasteiger charge is 2.21. The summed E-state index contributed by atoms with van der Waals surface area (Å²) < 4.78 is 1.57. The monoisotopic (exact) mass is 245 g/mol. The number of rotatable bonds is 4. The van der Waals surface area contributed by atoms with Crippen LogP contribution in [0.3, 0.4) is 0 Å². The number of carbonyl (C=O) groups is 1. The van der Waals surface area contributed by atoms with Crippen molar-refractivity contribution in [3.8, 4) is 0 Å². The number of hydrogen-bond donors (Lipinski definition) is 1. The van der Waals surface area contributed by atoms with Crippen LogP contribution in [0.5, 0.6) is 0 Å². The molecule has 0 bridgehead atoms. The topological polar surface area (TPSA) is 68.0 Å². The minimum atomic E-state index is -0.843. The highest BCUT2D eigenvalue weighted by atomic mass is 16.4. The number of aliphatic carboxylic acids is 1. The molecule has 2 aromatic rings. The molecule has 1 unspecified atom stereocenters. The summed E-state index contributed by atoms with van der Waals surface area (Å²) in [7, 11) is 1.76. The molecule has 0 fully saturated rings. The van der Waals surface area contributed by atoms with Crippen molar-refractivity contribution in [2.75, 3.05) is 0 Å². The van der Waals surface area contributed by atoms with Crippen LogP contribution in [-0.2, 0) is 18.3 Å². The Kier molecular flexibility index (Phi) is 3.41. The summed E-state index contributed by atoms with van der Waals surface area (Å²) >= 11 is 0. The summed E-state index contributed by atoms with van der Waals surface area (Å²) in [6.45, 7) is 1.97. The summed E-state index contributed by atoms with van der Waals surface area (Å²) in [5.74, 6) is -1.42. The first-order valence-electron chi connectivity index (χ1n) is 5.71. The SMILES string of the molecule is Cc1ccc(C(Cc2cn(C)nn2)C(=O)O)cc1. The molecule has 0 aliphatic rings. The first-order valence-corrected chi connectivity index (χ1v) is 5.71. The molecule has 0 amide bonds. The lowest BCUT2D eigenvalue weighted by molar-refractivity contribution is -0.138. The van der Waals surface area contributed by atoms with E-state index in [9.17, 15) is 9.90 Å². The Morgan fingerprint density at radius 2 is 2.06 bits per heavy atom. The van der Waals surface area contributed by atoms with Crippen LogP contribution in [0.2, 0.25) is 0 Å². The zero-order valence-corrected chi connectivity index (χ0v) is 10.4. The smallest absolute Gasteiger partial charge is 0.311 e. The molecule has 94 valence electrons. The minimum absolute atomic E-state index is 0.353. The van der Waals surface area contributed by atoms with Gasteiger partial charge in [-0.1, -0.05) is 35.0 Å². The summed E-state index contributed by atoms with van der Waals surface area (Å²) in [5.41, 5.74) is 2.59. The van der Waals surface area contributed by atoms with Gasteiger partial charge in [-0.05, 0) is 12.5 Å². The van der Waals surface area contributed by atoms with Gasteiger partial charge in [0.15, 0.2) is 0 Å². The number of carboxylic acids is 1. The molecule has 1 atom stereocenters. The predicted octanol–water partition coefficient (Wildman–Crippen LogP) is 1.53. The fourth-order valence-electron chi connectivity index (χ4n) is 1.84. The van der Waals surface area contributed by atoms with E-state index in [-0.39, 0.29) is 0 Å². The second-order valence-corrected chi connectivity index (χ2v) is 4.39. The third kappa shape index (κ3) is 2.74. The summed E-state index contributed by atoms with van der Waals surface area (Å²) in [4.78, 5) is 11.3. The Bertz CT molecular complexity index is 546. The van der Waals surface area contributed by atoms with Crippen LogP contribution in [0.4, 0.5) is 0 Å². The largest absolute Gasteiger partial charge is 0.481 e. The fraction of sp³-hybridized carbons (Fsp3) is 0.308. The van der Waals surface area contributed by atoms with Crippen molar-refractivity contribution in [2.24, 2.45) is 7.05 Å². The van der Waals surface area contributed by atoms with Crippen LogP contribution in [0.15, 0.2) is 30.5 Å². The molecular formula is C13H15N3O2. The number of carboxylic acid groups (broad SMARTS) is 1. The molecule has 0 saturated heterocycles. The van der Waals surface area contributed by atoms with Crippen LogP contribution in [0, 0.1) is 6.92 Å². The average molecular weight is 245 g/mol. The van der Waals surface area contributed by atoms with Crippen LogP contribution < -0.4 is 0 Å². The second-order valence-electron chi connectivity index (χ2n) is 4.39. The van der Waals surface area contributed by atoms with Crippen LogP contribution in [-0.4, -0.2) is 26.1 Å². The van der Waals surface area contributed by atoms with Crippen LogP contribution in [0.1, 0.15) is 22.7 Å². The fourth-order valence-corrected chi connectivity index (χ4v) is 1.84. The third-order valence-electron chi connectivity index (χ3n) is 2.84. The van der Waals surface area contributed by atoms with E-state index in [1.54, 1.807) is 17.9 Å². The van der Waals surface area contributed by atoms with E-state index < -0.39 is 11.9 Å². The highest BCUT2D eigenvalue weighted by Crippen LogP contribution is 2.20. The summed E-state index contributed by atoms with van der Waals surface area (Å²) in [6, 6.07) is 7.54. The highest BCUT2D eigenvalue weighted by molar-refractivity contribution is 5.76. The molecule has 1 heterocycles.